The summed E-state index contributed by atoms with van der Waals surface area (Å²) < 4.78 is 6.52. The van der Waals surface area contributed by atoms with Crippen LogP contribution < -0.4 is 0 Å². The first-order valence-corrected chi connectivity index (χ1v) is 10.5. The highest BCUT2D eigenvalue weighted by Gasteiger charge is 2.47. The van der Waals surface area contributed by atoms with Gasteiger partial charge in [0.2, 0.25) is 0 Å². The van der Waals surface area contributed by atoms with Crippen molar-refractivity contribution in [3.05, 3.63) is 74.7 Å². The number of carbonyl (C=O) groups is 2. The molecule has 2 aliphatic heterocycles. The van der Waals surface area contributed by atoms with Gasteiger partial charge in [0.25, 0.3) is 11.7 Å². The maximum Gasteiger partial charge on any atom is 0.295 e. The fraction of sp³-hybridized carbons (Fsp3) is 0.273. The molecule has 29 heavy (non-hydrogen) atoms. The van der Waals surface area contributed by atoms with E-state index in [-0.39, 0.29) is 17.4 Å². The van der Waals surface area contributed by atoms with Crippen molar-refractivity contribution in [2.24, 2.45) is 0 Å². The number of likely N-dealkylation sites (tertiary alicyclic amines) is 1. The molecule has 5 nitrogen and oxygen atoms in total. The lowest BCUT2D eigenvalue weighted by molar-refractivity contribution is -0.140. The molecule has 2 saturated heterocycles. The molecule has 2 heterocycles. The van der Waals surface area contributed by atoms with E-state index in [0.717, 1.165) is 22.9 Å². The van der Waals surface area contributed by atoms with Crippen molar-refractivity contribution >= 4 is 45.0 Å². The SMILES string of the molecule is O=C1C(=O)N(C[C@@H]2CCCO2)[C@@H](c2cccc(Br)c2)C1=C(O)c1ccc(Cl)cc1. The summed E-state index contributed by atoms with van der Waals surface area (Å²) in [7, 11) is 0. The average Bonchev–Trinajstić information content (AvgIpc) is 3.30. The largest absolute Gasteiger partial charge is 0.507 e. The number of carbonyl (C=O) groups excluding carboxylic acids is 2. The average molecular weight is 477 g/mol. The highest BCUT2D eigenvalue weighted by molar-refractivity contribution is 9.10. The zero-order valence-electron chi connectivity index (χ0n) is 15.5. The highest BCUT2D eigenvalue weighted by atomic mass is 79.9. The molecule has 4 rings (SSSR count). The molecule has 2 aromatic rings. The minimum absolute atomic E-state index is 0.0772. The molecule has 2 atom stereocenters. The van der Waals surface area contributed by atoms with Crippen molar-refractivity contribution in [2.75, 3.05) is 13.2 Å². The molecule has 2 fully saturated rings. The van der Waals surface area contributed by atoms with E-state index in [2.05, 4.69) is 15.9 Å². The molecule has 1 amide bonds. The van der Waals surface area contributed by atoms with Gasteiger partial charge in [-0.2, -0.15) is 0 Å². The number of aliphatic hydroxyl groups is 1. The Labute approximate surface area is 182 Å². The standard InChI is InChI=1S/C22H19BrClNO4/c23-15-4-1-3-14(11-15)19-18(20(26)13-6-8-16(24)9-7-13)21(27)22(28)25(19)12-17-5-2-10-29-17/h1,3-4,6-9,11,17,19,26H,2,5,10,12H2/t17-,19-/m0/s1. The second kappa shape index (κ2) is 8.30. The van der Waals surface area contributed by atoms with E-state index in [1.54, 1.807) is 24.3 Å². The van der Waals surface area contributed by atoms with Gasteiger partial charge in [0, 0.05) is 28.2 Å². The Morgan fingerprint density at radius 3 is 2.62 bits per heavy atom. The van der Waals surface area contributed by atoms with E-state index in [1.807, 2.05) is 24.3 Å². The predicted octanol–water partition coefficient (Wildman–Crippen LogP) is 4.70. The molecule has 7 heteroatoms. The maximum absolute atomic E-state index is 13.0. The Morgan fingerprint density at radius 1 is 1.21 bits per heavy atom. The van der Waals surface area contributed by atoms with E-state index in [9.17, 15) is 14.7 Å². The Bertz CT molecular complexity index is 983. The zero-order chi connectivity index (χ0) is 20.5. The molecule has 0 bridgehead atoms. The predicted molar refractivity (Wildman–Crippen MR) is 114 cm³/mol. The molecule has 0 unspecified atom stereocenters. The van der Waals surface area contributed by atoms with E-state index >= 15 is 0 Å². The van der Waals surface area contributed by atoms with Gasteiger partial charge in [0.15, 0.2) is 0 Å². The summed E-state index contributed by atoms with van der Waals surface area (Å²) >= 11 is 9.39. The monoisotopic (exact) mass is 475 g/mol. The molecule has 0 spiro atoms. The Morgan fingerprint density at radius 2 is 1.97 bits per heavy atom. The van der Waals surface area contributed by atoms with Crippen molar-refractivity contribution in [3.63, 3.8) is 0 Å². The van der Waals surface area contributed by atoms with Gasteiger partial charge in [-0.1, -0.05) is 39.7 Å². The number of ether oxygens (including phenoxy) is 1. The molecular formula is C22H19BrClNO4. The van der Waals surface area contributed by atoms with Crippen LogP contribution in [0.3, 0.4) is 0 Å². The van der Waals surface area contributed by atoms with Gasteiger partial charge in [0.05, 0.1) is 17.7 Å². The minimum Gasteiger partial charge on any atom is -0.507 e. The third-order valence-electron chi connectivity index (χ3n) is 5.25. The first-order valence-electron chi connectivity index (χ1n) is 9.37. The van der Waals surface area contributed by atoms with E-state index in [4.69, 9.17) is 16.3 Å². The van der Waals surface area contributed by atoms with E-state index in [1.165, 1.54) is 4.90 Å². The number of hydrogen-bond acceptors (Lipinski definition) is 4. The number of halogens is 2. The summed E-state index contributed by atoms with van der Waals surface area (Å²) in [5, 5.41) is 11.5. The van der Waals surface area contributed by atoms with Gasteiger partial charge in [-0.3, -0.25) is 9.59 Å². The summed E-state index contributed by atoms with van der Waals surface area (Å²) in [6, 6.07) is 13.2. The van der Waals surface area contributed by atoms with Crippen LogP contribution in [-0.2, 0) is 14.3 Å². The lowest BCUT2D eigenvalue weighted by Gasteiger charge is -2.27. The van der Waals surface area contributed by atoms with E-state index < -0.39 is 17.7 Å². The maximum atomic E-state index is 13.0. The number of benzene rings is 2. The van der Waals surface area contributed by atoms with Gasteiger partial charge in [-0.15, -0.1) is 0 Å². The Kier molecular flexibility index (Phi) is 5.76. The molecule has 150 valence electrons. The van der Waals surface area contributed by atoms with Crippen LogP contribution in [0.2, 0.25) is 5.02 Å². The molecule has 2 aliphatic rings. The van der Waals surface area contributed by atoms with E-state index in [0.29, 0.717) is 23.7 Å². The van der Waals surface area contributed by atoms with Gasteiger partial charge in [-0.05, 0) is 54.8 Å². The Balaban J connectivity index is 1.83. The molecule has 0 aliphatic carbocycles. The third-order valence-corrected chi connectivity index (χ3v) is 5.99. The minimum atomic E-state index is -0.694. The van der Waals surface area contributed by atoms with Crippen LogP contribution in [0.25, 0.3) is 5.76 Å². The second-order valence-electron chi connectivity index (χ2n) is 7.15. The van der Waals surface area contributed by atoms with Crippen LogP contribution >= 0.6 is 27.5 Å². The molecule has 1 N–H and O–H groups in total. The molecule has 0 radical (unpaired) electrons. The number of hydrogen-bond donors (Lipinski definition) is 1. The fourth-order valence-corrected chi connectivity index (χ4v) is 4.41. The van der Waals surface area contributed by atoms with Gasteiger partial charge in [-0.25, -0.2) is 0 Å². The van der Waals surface area contributed by atoms with Crippen LogP contribution in [0.5, 0.6) is 0 Å². The summed E-state index contributed by atoms with van der Waals surface area (Å²) in [6.07, 6.45) is 1.66. The lowest BCUT2D eigenvalue weighted by Crippen LogP contribution is -2.36. The van der Waals surface area contributed by atoms with Crippen LogP contribution in [0.15, 0.2) is 58.6 Å². The number of nitrogens with zero attached hydrogens (tertiary/aromatic N) is 1. The first kappa shape index (κ1) is 20.1. The number of aliphatic hydroxyl groups excluding tert-OH is 1. The Hall–Kier alpha value is -2.15. The molecule has 0 aromatic heterocycles. The fourth-order valence-electron chi connectivity index (χ4n) is 3.86. The van der Waals surface area contributed by atoms with Gasteiger partial charge < -0.3 is 14.7 Å². The van der Waals surface area contributed by atoms with Crippen molar-refractivity contribution in [1.82, 2.24) is 4.90 Å². The number of Topliss-reactive ketones (excluding diaryl/α,β-unsaturated/α-hetero) is 1. The number of amides is 1. The van der Waals surface area contributed by atoms with Crippen molar-refractivity contribution in [2.45, 2.75) is 25.0 Å². The van der Waals surface area contributed by atoms with Crippen molar-refractivity contribution in [3.8, 4) is 0 Å². The second-order valence-corrected chi connectivity index (χ2v) is 8.50. The molecule has 2 aromatic carbocycles. The first-order chi connectivity index (χ1) is 14.0. The molecule has 0 saturated carbocycles. The van der Waals surface area contributed by atoms with Crippen LogP contribution in [0, 0.1) is 0 Å². The third kappa shape index (κ3) is 3.97. The summed E-state index contributed by atoms with van der Waals surface area (Å²) in [6.45, 7) is 0.958. The normalized spacial score (nSPS) is 23.7. The lowest BCUT2D eigenvalue weighted by atomic mass is 9.95. The smallest absolute Gasteiger partial charge is 0.295 e. The van der Waals surface area contributed by atoms with Gasteiger partial charge in [0.1, 0.15) is 5.76 Å². The number of rotatable bonds is 4. The van der Waals surface area contributed by atoms with Crippen molar-refractivity contribution < 1.29 is 19.4 Å². The van der Waals surface area contributed by atoms with Crippen LogP contribution in [0.1, 0.15) is 30.0 Å². The quantitative estimate of drug-likeness (QED) is 0.394. The van der Waals surface area contributed by atoms with Crippen molar-refractivity contribution in [1.29, 1.82) is 0 Å². The topological polar surface area (TPSA) is 66.8 Å². The highest BCUT2D eigenvalue weighted by Crippen LogP contribution is 2.40. The summed E-state index contributed by atoms with van der Waals surface area (Å²) in [4.78, 5) is 27.4. The van der Waals surface area contributed by atoms with Crippen LogP contribution in [0.4, 0.5) is 0 Å². The van der Waals surface area contributed by atoms with Crippen LogP contribution in [-0.4, -0.2) is 41.0 Å². The summed E-state index contributed by atoms with van der Waals surface area (Å²) in [5.74, 6) is -1.53. The molecular weight excluding hydrogens is 458 g/mol. The number of ketones is 1. The zero-order valence-corrected chi connectivity index (χ0v) is 17.8. The summed E-state index contributed by atoms with van der Waals surface area (Å²) in [5.41, 5.74) is 1.25. The van der Waals surface area contributed by atoms with Gasteiger partial charge >= 0.3 is 0 Å².